The van der Waals surface area contributed by atoms with Gasteiger partial charge in [-0.05, 0) is 18.8 Å². The third-order valence-corrected chi connectivity index (χ3v) is 3.33. The van der Waals surface area contributed by atoms with Crippen molar-refractivity contribution in [1.29, 1.82) is 0 Å². The highest BCUT2D eigenvalue weighted by Gasteiger charge is 2.27. The molecule has 0 bridgehead atoms. The first-order valence-electron chi connectivity index (χ1n) is 6.52. The Labute approximate surface area is 111 Å². The Kier molecular flexibility index (Phi) is 4.13. The lowest BCUT2D eigenvalue weighted by Gasteiger charge is -2.31. The van der Waals surface area contributed by atoms with Gasteiger partial charge in [0.25, 0.3) is 5.91 Å². The number of piperidine rings is 1. The molecule has 2 N–H and O–H groups in total. The van der Waals surface area contributed by atoms with Gasteiger partial charge in [0.1, 0.15) is 5.82 Å². The van der Waals surface area contributed by atoms with Gasteiger partial charge in [0, 0.05) is 25.9 Å². The molecule has 1 saturated heterocycles. The molecule has 19 heavy (non-hydrogen) atoms. The number of carbonyl (C=O) groups excluding carboxylic acids is 1. The summed E-state index contributed by atoms with van der Waals surface area (Å²) in [6.07, 6.45) is 2.49. The molecule has 0 aliphatic carbocycles. The predicted octanol–water partition coefficient (Wildman–Crippen LogP) is 0.694. The number of aliphatic carboxylic acids is 1. The first kappa shape index (κ1) is 13.5. The number of carboxylic acids is 1. The van der Waals surface area contributed by atoms with Crippen LogP contribution in [0.2, 0.25) is 0 Å². The van der Waals surface area contributed by atoms with Crippen LogP contribution in [0.5, 0.6) is 0 Å². The zero-order chi connectivity index (χ0) is 13.8. The smallest absolute Gasteiger partial charge is 0.303 e. The summed E-state index contributed by atoms with van der Waals surface area (Å²) in [7, 11) is 0. The topological polar surface area (TPSA) is 99.2 Å². The van der Waals surface area contributed by atoms with Gasteiger partial charge in [0.2, 0.25) is 5.82 Å². The van der Waals surface area contributed by atoms with Crippen molar-refractivity contribution in [3.8, 4) is 0 Å². The van der Waals surface area contributed by atoms with E-state index < -0.39 is 5.97 Å². The summed E-state index contributed by atoms with van der Waals surface area (Å²) >= 11 is 0. The van der Waals surface area contributed by atoms with Crippen molar-refractivity contribution in [2.75, 3.05) is 13.1 Å². The Morgan fingerprint density at radius 2 is 2.32 bits per heavy atom. The molecular formula is C12H18N4O3. The number of aryl methyl sites for hydroxylation is 1. The minimum atomic E-state index is -0.814. The molecule has 1 atom stereocenters. The Hall–Kier alpha value is -1.92. The summed E-state index contributed by atoms with van der Waals surface area (Å²) in [6, 6.07) is 0. The number of aromatic nitrogens is 3. The molecule has 0 spiro atoms. The Morgan fingerprint density at radius 3 is 2.95 bits per heavy atom. The van der Waals surface area contributed by atoms with Gasteiger partial charge in [-0.3, -0.25) is 14.7 Å². The molecule has 1 aliphatic heterocycles. The van der Waals surface area contributed by atoms with E-state index in [4.69, 9.17) is 5.11 Å². The largest absolute Gasteiger partial charge is 0.481 e. The van der Waals surface area contributed by atoms with Crippen LogP contribution in [-0.2, 0) is 11.2 Å². The van der Waals surface area contributed by atoms with E-state index in [2.05, 4.69) is 15.2 Å². The first-order chi connectivity index (χ1) is 9.10. The summed E-state index contributed by atoms with van der Waals surface area (Å²) < 4.78 is 0. The van der Waals surface area contributed by atoms with Gasteiger partial charge in [-0.1, -0.05) is 6.92 Å². The van der Waals surface area contributed by atoms with Gasteiger partial charge in [-0.15, -0.1) is 5.10 Å². The van der Waals surface area contributed by atoms with Crippen LogP contribution in [0.3, 0.4) is 0 Å². The van der Waals surface area contributed by atoms with Gasteiger partial charge in [0.15, 0.2) is 0 Å². The van der Waals surface area contributed by atoms with E-state index in [0.29, 0.717) is 25.3 Å². The average molecular weight is 266 g/mol. The van der Waals surface area contributed by atoms with Crippen LogP contribution in [0, 0.1) is 5.92 Å². The second kappa shape index (κ2) is 5.81. The fourth-order valence-corrected chi connectivity index (χ4v) is 2.35. The van der Waals surface area contributed by atoms with Crippen molar-refractivity contribution < 1.29 is 14.7 Å². The molecule has 1 aromatic rings. The lowest BCUT2D eigenvalue weighted by Crippen LogP contribution is -2.41. The lowest BCUT2D eigenvalue weighted by molar-refractivity contribution is -0.138. The molecule has 1 fully saturated rings. The number of rotatable bonds is 4. The van der Waals surface area contributed by atoms with E-state index in [1.165, 1.54) is 0 Å². The fraction of sp³-hybridized carbons (Fsp3) is 0.667. The summed E-state index contributed by atoms with van der Waals surface area (Å²) in [5.74, 6) is -0.147. The van der Waals surface area contributed by atoms with Crippen LogP contribution in [0.25, 0.3) is 0 Å². The molecule has 7 nitrogen and oxygen atoms in total. The molecule has 7 heteroatoms. The standard InChI is InChI=1S/C12H18N4O3/c1-2-9-13-11(15-14-9)12(19)16-5-3-4-8(7-16)6-10(17)18/h8H,2-7H2,1H3,(H,17,18)(H,13,14,15). The van der Waals surface area contributed by atoms with Gasteiger partial charge in [-0.25, -0.2) is 4.98 Å². The number of aromatic amines is 1. The zero-order valence-corrected chi connectivity index (χ0v) is 10.9. The Bertz CT molecular complexity index is 471. The lowest BCUT2D eigenvalue weighted by atomic mass is 9.95. The normalized spacial score (nSPS) is 19.4. The van der Waals surface area contributed by atoms with Gasteiger partial charge < -0.3 is 10.0 Å². The molecule has 0 saturated carbocycles. The number of likely N-dealkylation sites (tertiary alicyclic amines) is 1. The predicted molar refractivity (Wildman–Crippen MR) is 66.6 cm³/mol. The maximum Gasteiger partial charge on any atom is 0.303 e. The molecule has 0 radical (unpaired) electrons. The fourth-order valence-electron chi connectivity index (χ4n) is 2.35. The molecule has 104 valence electrons. The Morgan fingerprint density at radius 1 is 1.53 bits per heavy atom. The minimum absolute atomic E-state index is 0.0276. The average Bonchev–Trinajstić information content (AvgIpc) is 2.86. The van der Waals surface area contributed by atoms with Crippen molar-refractivity contribution in [2.45, 2.75) is 32.6 Å². The van der Waals surface area contributed by atoms with Crippen LogP contribution in [0.15, 0.2) is 0 Å². The molecule has 1 unspecified atom stereocenters. The number of nitrogens with zero attached hydrogens (tertiary/aromatic N) is 3. The third kappa shape index (κ3) is 3.30. The number of hydrogen-bond donors (Lipinski definition) is 2. The quantitative estimate of drug-likeness (QED) is 0.835. The van der Waals surface area contributed by atoms with Crippen molar-refractivity contribution in [1.82, 2.24) is 20.1 Å². The molecule has 1 aliphatic rings. The van der Waals surface area contributed by atoms with Crippen molar-refractivity contribution >= 4 is 11.9 Å². The van der Waals surface area contributed by atoms with Crippen LogP contribution in [0.4, 0.5) is 0 Å². The number of amides is 1. The number of carboxylic acid groups (broad SMARTS) is 1. The molecule has 0 aromatic carbocycles. The molecule has 1 amide bonds. The van der Waals surface area contributed by atoms with E-state index in [-0.39, 0.29) is 24.1 Å². The zero-order valence-electron chi connectivity index (χ0n) is 10.9. The minimum Gasteiger partial charge on any atom is -0.481 e. The maximum absolute atomic E-state index is 12.2. The summed E-state index contributed by atoms with van der Waals surface area (Å²) in [5.41, 5.74) is 0. The summed E-state index contributed by atoms with van der Waals surface area (Å²) in [4.78, 5) is 28.7. The molecular weight excluding hydrogens is 248 g/mol. The monoisotopic (exact) mass is 266 g/mol. The number of carbonyl (C=O) groups is 2. The van der Waals surface area contributed by atoms with E-state index in [9.17, 15) is 9.59 Å². The van der Waals surface area contributed by atoms with Gasteiger partial charge >= 0.3 is 5.97 Å². The first-order valence-corrected chi connectivity index (χ1v) is 6.52. The van der Waals surface area contributed by atoms with E-state index in [1.54, 1.807) is 4.90 Å². The van der Waals surface area contributed by atoms with Crippen LogP contribution >= 0.6 is 0 Å². The van der Waals surface area contributed by atoms with Crippen molar-refractivity contribution in [3.05, 3.63) is 11.6 Å². The van der Waals surface area contributed by atoms with Crippen molar-refractivity contribution in [2.24, 2.45) is 5.92 Å². The van der Waals surface area contributed by atoms with E-state index in [1.807, 2.05) is 6.92 Å². The van der Waals surface area contributed by atoms with E-state index >= 15 is 0 Å². The Balaban J connectivity index is 2.00. The highest BCUT2D eigenvalue weighted by Crippen LogP contribution is 2.20. The number of hydrogen-bond acceptors (Lipinski definition) is 4. The number of H-pyrrole nitrogens is 1. The van der Waals surface area contributed by atoms with Crippen molar-refractivity contribution in [3.63, 3.8) is 0 Å². The van der Waals surface area contributed by atoms with Crippen LogP contribution < -0.4 is 0 Å². The van der Waals surface area contributed by atoms with Gasteiger partial charge in [-0.2, -0.15) is 0 Å². The molecule has 2 rings (SSSR count). The number of nitrogens with one attached hydrogen (secondary N) is 1. The van der Waals surface area contributed by atoms with E-state index in [0.717, 1.165) is 12.8 Å². The highest BCUT2D eigenvalue weighted by atomic mass is 16.4. The SMILES string of the molecule is CCc1nc(C(=O)N2CCCC(CC(=O)O)C2)n[nH]1. The van der Waals surface area contributed by atoms with Crippen LogP contribution in [-0.4, -0.2) is 50.2 Å². The third-order valence-electron chi connectivity index (χ3n) is 3.33. The molecule has 1 aromatic heterocycles. The summed E-state index contributed by atoms with van der Waals surface area (Å²) in [6.45, 7) is 3.05. The van der Waals surface area contributed by atoms with Gasteiger partial charge in [0.05, 0.1) is 0 Å². The highest BCUT2D eigenvalue weighted by molar-refractivity contribution is 5.90. The second-order valence-corrected chi connectivity index (χ2v) is 4.82. The second-order valence-electron chi connectivity index (χ2n) is 4.82. The summed E-state index contributed by atoms with van der Waals surface area (Å²) in [5, 5.41) is 15.4. The molecule has 2 heterocycles. The maximum atomic E-state index is 12.2. The van der Waals surface area contributed by atoms with Crippen LogP contribution in [0.1, 0.15) is 42.6 Å².